The van der Waals surface area contributed by atoms with Gasteiger partial charge < -0.3 is 9.47 Å². The fourth-order valence-corrected chi connectivity index (χ4v) is 1.84. The van der Waals surface area contributed by atoms with Crippen LogP contribution in [0.15, 0.2) is 18.2 Å². The van der Waals surface area contributed by atoms with Crippen LogP contribution in [0.3, 0.4) is 0 Å². The minimum absolute atomic E-state index is 0.561. The van der Waals surface area contributed by atoms with Gasteiger partial charge in [-0.2, -0.15) is 0 Å². The molecule has 0 amide bonds. The smallest absolute Gasteiger partial charge is 0.161 e. The van der Waals surface area contributed by atoms with E-state index in [0.29, 0.717) is 18.0 Å². The van der Waals surface area contributed by atoms with Gasteiger partial charge in [-0.05, 0) is 30.5 Å². The van der Waals surface area contributed by atoms with E-state index < -0.39 is 0 Å². The van der Waals surface area contributed by atoms with E-state index in [4.69, 9.17) is 9.47 Å². The van der Waals surface area contributed by atoms with E-state index >= 15 is 0 Å². The summed E-state index contributed by atoms with van der Waals surface area (Å²) in [5, 5.41) is 0. The molecule has 15 heavy (non-hydrogen) atoms. The predicted molar refractivity (Wildman–Crippen MR) is 64.1 cm³/mol. The van der Waals surface area contributed by atoms with Crippen LogP contribution in [0, 0.1) is 0 Å². The molecule has 0 aliphatic carbocycles. The van der Waals surface area contributed by atoms with Crippen molar-refractivity contribution in [2.75, 3.05) is 13.2 Å². The van der Waals surface area contributed by atoms with Gasteiger partial charge >= 0.3 is 0 Å². The quantitative estimate of drug-likeness (QED) is 0.786. The standard InChI is InChI=1S/C12H15BrO2/c1-9(13)2-3-10-4-5-11-12(8-10)15-7-6-14-11/h4-5,8-9H,2-3,6-7H2,1H3. The van der Waals surface area contributed by atoms with Crippen LogP contribution in [0.25, 0.3) is 0 Å². The fraction of sp³-hybridized carbons (Fsp3) is 0.500. The lowest BCUT2D eigenvalue weighted by Crippen LogP contribution is -2.15. The van der Waals surface area contributed by atoms with Crippen molar-refractivity contribution in [1.29, 1.82) is 0 Å². The molecular weight excluding hydrogens is 256 g/mol. The van der Waals surface area contributed by atoms with E-state index in [0.717, 1.165) is 24.3 Å². The Morgan fingerprint density at radius 1 is 1.27 bits per heavy atom. The Morgan fingerprint density at radius 3 is 2.73 bits per heavy atom. The highest BCUT2D eigenvalue weighted by Gasteiger charge is 2.11. The summed E-state index contributed by atoms with van der Waals surface area (Å²) in [6, 6.07) is 6.20. The molecule has 0 aromatic heterocycles. The van der Waals surface area contributed by atoms with E-state index in [1.165, 1.54) is 5.56 Å². The van der Waals surface area contributed by atoms with Crippen molar-refractivity contribution in [3.8, 4) is 11.5 Å². The second-order valence-corrected chi connectivity index (χ2v) is 5.36. The average Bonchev–Trinajstić information content (AvgIpc) is 2.26. The Hall–Kier alpha value is -0.700. The minimum Gasteiger partial charge on any atom is -0.486 e. The molecule has 1 aromatic rings. The van der Waals surface area contributed by atoms with Crippen molar-refractivity contribution in [3.05, 3.63) is 23.8 Å². The Bertz CT molecular complexity index is 336. The van der Waals surface area contributed by atoms with Gasteiger partial charge in [0, 0.05) is 4.83 Å². The number of aryl methyl sites for hydroxylation is 1. The molecule has 2 rings (SSSR count). The van der Waals surface area contributed by atoms with Gasteiger partial charge in [0.2, 0.25) is 0 Å². The Kier molecular flexibility index (Phi) is 3.52. The van der Waals surface area contributed by atoms with Crippen molar-refractivity contribution >= 4 is 15.9 Å². The summed E-state index contributed by atoms with van der Waals surface area (Å²) in [4.78, 5) is 0.561. The molecule has 0 saturated carbocycles. The zero-order valence-electron chi connectivity index (χ0n) is 8.83. The van der Waals surface area contributed by atoms with Gasteiger partial charge in [-0.15, -0.1) is 0 Å². The van der Waals surface area contributed by atoms with Crippen molar-refractivity contribution in [1.82, 2.24) is 0 Å². The monoisotopic (exact) mass is 270 g/mol. The number of halogens is 1. The summed E-state index contributed by atoms with van der Waals surface area (Å²) in [6.07, 6.45) is 2.21. The molecule has 2 nitrogen and oxygen atoms in total. The molecule has 1 unspecified atom stereocenters. The molecule has 3 heteroatoms. The number of hydrogen-bond acceptors (Lipinski definition) is 2. The predicted octanol–water partition coefficient (Wildman–Crippen LogP) is 3.17. The Labute approximate surface area is 98.7 Å². The number of fused-ring (bicyclic) bond motifs is 1. The lowest BCUT2D eigenvalue weighted by atomic mass is 10.1. The first-order valence-corrected chi connectivity index (χ1v) is 6.20. The molecule has 0 saturated heterocycles. The third-order valence-electron chi connectivity index (χ3n) is 2.44. The third-order valence-corrected chi connectivity index (χ3v) is 2.90. The number of ether oxygens (including phenoxy) is 2. The van der Waals surface area contributed by atoms with Crippen LogP contribution in [-0.4, -0.2) is 18.0 Å². The van der Waals surface area contributed by atoms with Gasteiger partial charge in [-0.25, -0.2) is 0 Å². The average molecular weight is 271 g/mol. The van der Waals surface area contributed by atoms with Crippen LogP contribution in [0.4, 0.5) is 0 Å². The van der Waals surface area contributed by atoms with Gasteiger partial charge in [0.1, 0.15) is 13.2 Å². The highest BCUT2D eigenvalue weighted by molar-refractivity contribution is 9.09. The van der Waals surface area contributed by atoms with Crippen molar-refractivity contribution in [2.24, 2.45) is 0 Å². The number of rotatable bonds is 3. The number of hydrogen-bond donors (Lipinski definition) is 0. The van der Waals surface area contributed by atoms with Crippen molar-refractivity contribution in [3.63, 3.8) is 0 Å². The van der Waals surface area contributed by atoms with E-state index in [2.05, 4.69) is 35.0 Å². The van der Waals surface area contributed by atoms with E-state index in [-0.39, 0.29) is 0 Å². The molecule has 0 N–H and O–H groups in total. The van der Waals surface area contributed by atoms with Crippen molar-refractivity contribution < 1.29 is 9.47 Å². The highest BCUT2D eigenvalue weighted by atomic mass is 79.9. The van der Waals surface area contributed by atoms with Gasteiger partial charge in [0.15, 0.2) is 11.5 Å². The molecule has 0 radical (unpaired) electrons. The lowest BCUT2D eigenvalue weighted by Gasteiger charge is -2.18. The molecular formula is C12H15BrO2. The Balaban J connectivity index is 2.07. The molecule has 0 bridgehead atoms. The number of alkyl halides is 1. The Morgan fingerprint density at radius 2 is 2.00 bits per heavy atom. The maximum atomic E-state index is 5.53. The van der Waals surface area contributed by atoms with E-state index in [9.17, 15) is 0 Å². The molecule has 1 heterocycles. The normalized spacial score (nSPS) is 16.1. The van der Waals surface area contributed by atoms with Crippen LogP contribution in [0.1, 0.15) is 18.9 Å². The molecule has 82 valence electrons. The van der Waals surface area contributed by atoms with Gasteiger partial charge in [-0.1, -0.05) is 28.9 Å². The summed E-state index contributed by atoms with van der Waals surface area (Å²) in [7, 11) is 0. The zero-order valence-corrected chi connectivity index (χ0v) is 10.4. The number of benzene rings is 1. The highest BCUT2D eigenvalue weighted by Crippen LogP contribution is 2.31. The summed E-state index contributed by atoms with van der Waals surface area (Å²) < 4.78 is 11.0. The molecule has 1 aromatic carbocycles. The van der Waals surface area contributed by atoms with E-state index in [1.807, 2.05) is 6.07 Å². The summed E-state index contributed by atoms with van der Waals surface area (Å²) in [5.74, 6) is 1.76. The molecule has 0 fully saturated rings. The SMILES string of the molecule is CC(Br)CCc1ccc2c(c1)OCCO2. The summed E-state index contributed by atoms with van der Waals surface area (Å²) >= 11 is 3.55. The van der Waals surface area contributed by atoms with Crippen LogP contribution in [0.5, 0.6) is 11.5 Å². The lowest BCUT2D eigenvalue weighted by molar-refractivity contribution is 0.171. The van der Waals surface area contributed by atoms with Crippen LogP contribution in [0.2, 0.25) is 0 Å². The summed E-state index contributed by atoms with van der Waals surface area (Å²) in [5.41, 5.74) is 1.31. The van der Waals surface area contributed by atoms with Gasteiger partial charge in [0.25, 0.3) is 0 Å². The second-order valence-electron chi connectivity index (χ2n) is 3.80. The molecule has 1 aliphatic rings. The van der Waals surface area contributed by atoms with Crippen LogP contribution in [-0.2, 0) is 6.42 Å². The first kappa shape index (κ1) is 10.8. The van der Waals surface area contributed by atoms with Crippen LogP contribution < -0.4 is 9.47 Å². The maximum absolute atomic E-state index is 5.53. The first-order valence-electron chi connectivity index (χ1n) is 5.28. The zero-order chi connectivity index (χ0) is 10.7. The largest absolute Gasteiger partial charge is 0.486 e. The topological polar surface area (TPSA) is 18.5 Å². The molecule has 1 atom stereocenters. The van der Waals surface area contributed by atoms with E-state index in [1.54, 1.807) is 0 Å². The van der Waals surface area contributed by atoms with Gasteiger partial charge in [-0.3, -0.25) is 0 Å². The fourth-order valence-electron chi connectivity index (χ4n) is 1.61. The molecule has 1 aliphatic heterocycles. The molecule has 0 spiro atoms. The minimum atomic E-state index is 0.561. The maximum Gasteiger partial charge on any atom is 0.161 e. The third kappa shape index (κ3) is 2.88. The summed E-state index contributed by atoms with van der Waals surface area (Å²) in [6.45, 7) is 3.48. The first-order chi connectivity index (χ1) is 7.25. The second kappa shape index (κ2) is 4.88. The van der Waals surface area contributed by atoms with Crippen LogP contribution >= 0.6 is 15.9 Å². The van der Waals surface area contributed by atoms with Gasteiger partial charge in [0.05, 0.1) is 0 Å². The van der Waals surface area contributed by atoms with Crippen molar-refractivity contribution in [2.45, 2.75) is 24.6 Å².